The molecule has 0 saturated carbocycles. The SMILES string of the molecule is Cc1c(/C=C2\C(=O)Nc3cc(Br)ccc32)[nH]c2c1CCCC2. The summed E-state index contributed by atoms with van der Waals surface area (Å²) >= 11 is 3.44. The molecular weight excluding hydrogens is 340 g/mol. The molecule has 0 saturated heterocycles. The van der Waals surface area contributed by atoms with Crippen molar-refractivity contribution in [3.63, 3.8) is 0 Å². The first-order valence-corrected chi connectivity index (χ1v) is 8.46. The lowest BCUT2D eigenvalue weighted by atomic mass is 9.95. The summed E-state index contributed by atoms with van der Waals surface area (Å²) in [6, 6.07) is 5.90. The standard InChI is InChI=1S/C18H17BrN2O/c1-10-12-4-2-3-5-15(12)20-16(10)9-14-13-7-6-11(19)8-17(13)21-18(14)22/h6-9,20H,2-5H2,1H3,(H,21,22)/b14-9-. The van der Waals surface area contributed by atoms with Crippen LogP contribution in [-0.4, -0.2) is 10.9 Å². The number of benzene rings is 1. The third-order valence-corrected chi connectivity index (χ3v) is 5.16. The van der Waals surface area contributed by atoms with E-state index in [4.69, 9.17) is 0 Å². The molecule has 1 aliphatic carbocycles. The molecular formula is C18H17BrN2O. The van der Waals surface area contributed by atoms with Gasteiger partial charge in [0.15, 0.2) is 0 Å². The van der Waals surface area contributed by atoms with Gasteiger partial charge < -0.3 is 10.3 Å². The normalized spacial score (nSPS) is 18.3. The molecule has 1 aromatic carbocycles. The Morgan fingerprint density at radius 2 is 2.05 bits per heavy atom. The lowest BCUT2D eigenvalue weighted by Gasteiger charge is -2.10. The summed E-state index contributed by atoms with van der Waals surface area (Å²) in [5.41, 5.74) is 7.76. The molecule has 0 atom stereocenters. The fraction of sp³-hybridized carbons (Fsp3) is 0.278. The van der Waals surface area contributed by atoms with E-state index in [0.717, 1.165) is 39.8 Å². The number of nitrogens with one attached hydrogen (secondary N) is 2. The van der Waals surface area contributed by atoms with Crippen molar-refractivity contribution in [1.82, 2.24) is 4.98 Å². The van der Waals surface area contributed by atoms with Crippen LogP contribution in [-0.2, 0) is 17.6 Å². The summed E-state index contributed by atoms with van der Waals surface area (Å²) in [7, 11) is 0. The van der Waals surface area contributed by atoms with Gasteiger partial charge in [0.2, 0.25) is 0 Å². The van der Waals surface area contributed by atoms with Crippen LogP contribution >= 0.6 is 15.9 Å². The van der Waals surface area contributed by atoms with E-state index in [1.165, 1.54) is 29.7 Å². The Hall–Kier alpha value is -1.81. The minimum atomic E-state index is -0.0277. The van der Waals surface area contributed by atoms with E-state index in [-0.39, 0.29) is 5.91 Å². The van der Waals surface area contributed by atoms with Gasteiger partial charge in [0, 0.05) is 21.4 Å². The molecule has 1 aromatic heterocycles. The highest BCUT2D eigenvalue weighted by atomic mass is 79.9. The van der Waals surface area contributed by atoms with Crippen molar-refractivity contribution >= 4 is 39.2 Å². The van der Waals surface area contributed by atoms with E-state index in [1.807, 2.05) is 24.3 Å². The Morgan fingerprint density at radius 3 is 2.86 bits per heavy atom. The monoisotopic (exact) mass is 356 g/mol. The molecule has 0 fully saturated rings. The zero-order valence-corrected chi connectivity index (χ0v) is 14.0. The van der Waals surface area contributed by atoms with Gasteiger partial charge in [0.05, 0.1) is 11.3 Å². The number of hydrogen-bond donors (Lipinski definition) is 2. The molecule has 2 aromatic rings. The van der Waals surface area contributed by atoms with Crippen LogP contribution in [0.3, 0.4) is 0 Å². The molecule has 3 nitrogen and oxygen atoms in total. The van der Waals surface area contributed by atoms with Crippen molar-refractivity contribution in [2.45, 2.75) is 32.6 Å². The second-order valence-electron chi connectivity index (χ2n) is 6.03. The Bertz CT molecular complexity index is 817. The molecule has 112 valence electrons. The van der Waals surface area contributed by atoms with Crippen molar-refractivity contribution in [2.24, 2.45) is 0 Å². The molecule has 1 aliphatic heterocycles. The third kappa shape index (κ3) is 2.13. The highest BCUT2D eigenvalue weighted by molar-refractivity contribution is 9.10. The fourth-order valence-corrected chi connectivity index (χ4v) is 3.84. The van der Waals surface area contributed by atoms with Crippen LogP contribution < -0.4 is 5.32 Å². The first kappa shape index (κ1) is 13.8. The van der Waals surface area contributed by atoms with Gasteiger partial charge >= 0.3 is 0 Å². The summed E-state index contributed by atoms with van der Waals surface area (Å²) in [6.07, 6.45) is 6.79. The van der Waals surface area contributed by atoms with Gasteiger partial charge in [-0.1, -0.05) is 22.0 Å². The van der Waals surface area contributed by atoms with Gasteiger partial charge in [-0.3, -0.25) is 4.79 Å². The van der Waals surface area contributed by atoms with Crippen molar-refractivity contribution in [1.29, 1.82) is 0 Å². The molecule has 0 radical (unpaired) electrons. The van der Waals surface area contributed by atoms with E-state index >= 15 is 0 Å². The van der Waals surface area contributed by atoms with Crippen LogP contribution in [0.4, 0.5) is 5.69 Å². The Kier molecular flexibility index (Phi) is 3.22. The quantitative estimate of drug-likeness (QED) is 0.728. The zero-order chi connectivity index (χ0) is 15.3. The summed E-state index contributed by atoms with van der Waals surface area (Å²) in [6.45, 7) is 2.16. The number of carbonyl (C=O) groups is 1. The van der Waals surface area contributed by atoms with Gasteiger partial charge in [-0.25, -0.2) is 0 Å². The molecule has 2 heterocycles. The minimum absolute atomic E-state index is 0.0277. The lowest BCUT2D eigenvalue weighted by Crippen LogP contribution is -2.03. The zero-order valence-electron chi connectivity index (χ0n) is 12.4. The molecule has 0 spiro atoms. The number of H-pyrrole nitrogens is 1. The first-order valence-electron chi connectivity index (χ1n) is 7.67. The van der Waals surface area contributed by atoms with Crippen molar-refractivity contribution in [3.05, 3.63) is 50.8 Å². The predicted molar refractivity (Wildman–Crippen MR) is 92.8 cm³/mol. The number of hydrogen-bond acceptors (Lipinski definition) is 1. The van der Waals surface area contributed by atoms with Gasteiger partial charge in [-0.05, 0) is 61.9 Å². The number of aromatic nitrogens is 1. The number of carbonyl (C=O) groups excluding carboxylic acids is 1. The maximum absolute atomic E-state index is 12.3. The van der Waals surface area contributed by atoms with E-state index in [1.54, 1.807) is 0 Å². The molecule has 0 bridgehead atoms. The third-order valence-electron chi connectivity index (χ3n) is 4.66. The van der Waals surface area contributed by atoms with E-state index in [2.05, 4.69) is 33.2 Å². The van der Waals surface area contributed by atoms with Gasteiger partial charge in [-0.2, -0.15) is 0 Å². The van der Waals surface area contributed by atoms with Gasteiger partial charge in [-0.15, -0.1) is 0 Å². The Balaban J connectivity index is 1.81. The van der Waals surface area contributed by atoms with Crippen LogP contribution in [0.25, 0.3) is 11.6 Å². The average molecular weight is 357 g/mol. The maximum atomic E-state index is 12.3. The number of halogens is 1. The van der Waals surface area contributed by atoms with E-state index in [0.29, 0.717) is 0 Å². The molecule has 4 heteroatoms. The Labute approximate surface area is 137 Å². The first-order chi connectivity index (χ1) is 10.6. The molecule has 2 aliphatic rings. The van der Waals surface area contributed by atoms with Crippen LogP contribution in [0, 0.1) is 6.92 Å². The van der Waals surface area contributed by atoms with Crippen molar-refractivity contribution in [2.75, 3.05) is 5.32 Å². The maximum Gasteiger partial charge on any atom is 0.256 e. The molecule has 4 rings (SSSR count). The number of amides is 1. The fourth-order valence-electron chi connectivity index (χ4n) is 3.47. The highest BCUT2D eigenvalue weighted by Gasteiger charge is 2.25. The Morgan fingerprint density at radius 1 is 1.23 bits per heavy atom. The number of aryl methyl sites for hydroxylation is 1. The smallest absolute Gasteiger partial charge is 0.256 e. The van der Waals surface area contributed by atoms with Crippen molar-refractivity contribution in [3.8, 4) is 0 Å². The summed E-state index contributed by atoms with van der Waals surface area (Å²) in [5.74, 6) is -0.0277. The van der Waals surface area contributed by atoms with Crippen molar-refractivity contribution < 1.29 is 4.79 Å². The largest absolute Gasteiger partial charge is 0.358 e. The topological polar surface area (TPSA) is 44.9 Å². The highest BCUT2D eigenvalue weighted by Crippen LogP contribution is 2.36. The molecule has 2 N–H and O–H groups in total. The lowest BCUT2D eigenvalue weighted by molar-refractivity contribution is -0.110. The number of fused-ring (bicyclic) bond motifs is 2. The average Bonchev–Trinajstić information content (AvgIpc) is 2.98. The molecule has 1 amide bonds. The number of aromatic amines is 1. The van der Waals surface area contributed by atoms with Gasteiger partial charge in [0.1, 0.15) is 0 Å². The van der Waals surface area contributed by atoms with E-state index < -0.39 is 0 Å². The second-order valence-corrected chi connectivity index (χ2v) is 6.95. The summed E-state index contributed by atoms with van der Waals surface area (Å²) in [5, 5.41) is 2.94. The second kappa shape index (κ2) is 5.13. The van der Waals surface area contributed by atoms with Crippen LogP contribution in [0.5, 0.6) is 0 Å². The van der Waals surface area contributed by atoms with Crippen LogP contribution in [0.15, 0.2) is 22.7 Å². The predicted octanol–water partition coefficient (Wildman–Crippen LogP) is 4.46. The summed E-state index contributed by atoms with van der Waals surface area (Å²) in [4.78, 5) is 15.8. The summed E-state index contributed by atoms with van der Waals surface area (Å²) < 4.78 is 0.972. The van der Waals surface area contributed by atoms with Crippen LogP contribution in [0.2, 0.25) is 0 Å². The number of anilines is 1. The molecule has 22 heavy (non-hydrogen) atoms. The van der Waals surface area contributed by atoms with Crippen LogP contribution in [0.1, 0.15) is 40.9 Å². The molecule has 0 unspecified atom stereocenters. The number of rotatable bonds is 1. The van der Waals surface area contributed by atoms with E-state index in [9.17, 15) is 4.79 Å². The minimum Gasteiger partial charge on any atom is -0.358 e. The van der Waals surface area contributed by atoms with Gasteiger partial charge in [0.25, 0.3) is 5.91 Å².